The summed E-state index contributed by atoms with van der Waals surface area (Å²) in [5.74, 6) is -2.33. The largest absolute Gasteiger partial charge is 0.465 e. The average Bonchev–Trinajstić information content (AvgIpc) is 2.64. The fourth-order valence-electron chi connectivity index (χ4n) is 1.80. The number of rotatable bonds is 4. The molecule has 0 radical (unpaired) electrons. The number of amides is 2. The normalized spacial score (nSPS) is 10.4. The maximum atomic E-state index is 11.8. The number of nitrogens with zero attached hydrogens (tertiary/aromatic N) is 1. The summed E-state index contributed by atoms with van der Waals surface area (Å²) < 4.78 is 4.59. The van der Waals surface area contributed by atoms with Gasteiger partial charge in [-0.2, -0.15) is 5.10 Å². The van der Waals surface area contributed by atoms with Crippen LogP contribution < -0.4 is 10.7 Å². The van der Waals surface area contributed by atoms with E-state index in [0.29, 0.717) is 21.8 Å². The summed E-state index contributed by atoms with van der Waals surface area (Å²) in [4.78, 5) is 34.8. The first-order valence-corrected chi connectivity index (χ1v) is 7.94. The Kier molecular flexibility index (Phi) is 6.71. The molecule has 0 aromatic heterocycles. The standard InChI is InChI=1S/C17H13Cl2N3O4/c1-26-17(25)11-4-2-10(3-5-11)9-20-22-16(24)15(23)21-12-6-7-13(18)14(19)8-12/h2-9H,1H3,(H,21,23)(H,22,24)/b20-9-. The predicted molar refractivity (Wildman–Crippen MR) is 98.6 cm³/mol. The molecule has 2 aromatic carbocycles. The van der Waals surface area contributed by atoms with Crippen molar-refractivity contribution >= 4 is 52.9 Å². The van der Waals surface area contributed by atoms with Gasteiger partial charge >= 0.3 is 17.8 Å². The highest BCUT2D eigenvalue weighted by molar-refractivity contribution is 6.42. The third-order valence-corrected chi connectivity index (χ3v) is 3.83. The Morgan fingerprint density at radius 3 is 2.31 bits per heavy atom. The molecular formula is C17H13Cl2N3O4. The average molecular weight is 394 g/mol. The van der Waals surface area contributed by atoms with Crippen LogP contribution in [0.1, 0.15) is 15.9 Å². The van der Waals surface area contributed by atoms with Crippen LogP contribution in [0.3, 0.4) is 0 Å². The molecule has 0 aliphatic heterocycles. The van der Waals surface area contributed by atoms with Gasteiger partial charge in [-0.25, -0.2) is 10.2 Å². The highest BCUT2D eigenvalue weighted by Crippen LogP contribution is 2.24. The Morgan fingerprint density at radius 2 is 1.69 bits per heavy atom. The molecule has 7 nitrogen and oxygen atoms in total. The topological polar surface area (TPSA) is 96.9 Å². The lowest BCUT2D eigenvalue weighted by Gasteiger charge is -2.05. The zero-order valence-corrected chi connectivity index (χ0v) is 15.0. The molecule has 2 N–H and O–H groups in total. The van der Waals surface area contributed by atoms with Gasteiger partial charge in [0.15, 0.2) is 0 Å². The molecule has 0 aliphatic carbocycles. The van der Waals surface area contributed by atoms with E-state index in [9.17, 15) is 14.4 Å². The van der Waals surface area contributed by atoms with Crippen molar-refractivity contribution in [2.45, 2.75) is 0 Å². The third kappa shape index (κ3) is 5.30. The van der Waals surface area contributed by atoms with Crippen molar-refractivity contribution in [3.8, 4) is 0 Å². The lowest BCUT2D eigenvalue weighted by atomic mass is 10.1. The number of esters is 1. The predicted octanol–water partition coefficient (Wildman–Crippen LogP) is 2.87. The van der Waals surface area contributed by atoms with Crippen LogP contribution in [0.25, 0.3) is 0 Å². The van der Waals surface area contributed by atoms with Crippen LogP contribution in [-0.4, -0.2) is 31.1 Å². The number of benzene rings is 2. The molecule has 0 saturated carbocycles. The van der Waals surface area contributed by atoms with E-state index >= 15 is 0 Å². The number of nitrogens with one attached hydrogen (secondary N) is 2. The van der Waals surface area contributed by atoms with Crippen molar-refractivity contribution in [3.63, 3.8) is 0 Å². The fourth-order valence-corrected chi connectivity index (χ4v) is 2.10. The fraction of sp³-hybridized carbons (Fsp3) is 0.0588. The monoisotopic (exact) mass is 393 g/mol. The number of halogens is 2. The lowest BCUT2D eigenvalue weighted by Crippen LogP contribution is -2.32. The smallest absolute Gasteiger partial charge is 0.337 e. The molecule has 0 spiro atoms. The molecule has 9 heteroatoms. The second-order valence-corrected chi connectivity index (χ2v) is 5.71. The number of carbonyl (C=O) groups is 3. The van der Waals surface area contributed by atoms with Gasteiger partial charge in [0.05, 0.1) is 28.9 Å². The van der Waals surface area contributed by atoms with E-state index in [1.807, 2.05) is 0 Å². The van der Waals surface area contributed by atoms with Crippen molar-refractivity contribution in [3.05, 3.63) is 63.6 Å². The first kappa shape index (κ1) is 19.4. The van der Waals surface area contributed by atoms with Gasteiger partial charge in [0.1, 0.15) is 0 Å². The highest BCUT2D eigenvalue weighted by atomic mass is 35.5. The number of hydrazone groups is 1. The number of methoxy groups -OCH3 is 1. The molecule has 2 rings (SSSR count). The molecular weight excluding hydrogens is 381 g/mol. The van der Waals surface area contributed by atoms with Crippen LogP contribution >= 0.6 is 23.2 Å². The zero-order valence-electron chi connectivity index (χ0n) is 13.5. The summed E-state index contributed by atoms with van der Waals surface area (Å²) in [5.41, 5.74) is 3.41. The Morgan fingerprint density at radius 1 is 1.00 bits per heavy atom. The zero-order chi connectivity index (χ0) is 19.1. The van der Waals surface area contributed by atoms with Crippen LogP contribution in [0.4, 0.5) is 5.69 Å². The molecule has 0 bridgehead atoms. The summed E-state index contributed by atoms with van der Waals surface area (Å²) in [6, 6.07) is 10.7. The Bertz CT molecular complexity index is 867. The van der Waals surface area contributed by atoms with Crippen molar-refractivity contribution < 1.29 is 19.1 Å². The van der Waals surface area contributed by atoms with Crippen molar-refractivity contribution in [2.75, 3.05) is 12.4 Å². The Labute approximate surface area is 158 Å². The minimum Gasteiger partial charge on any atom is -0.465 e. The number of ether oxygens (including phenoxy) is 1. The number of hydrogen-bond acceptors (Lipinski definition) is 5. The molecule has 134 valence electrons. The third-order valence-electron chi connectivity index (χ3n) is 3.10. The van der Waals surface area contributed by atoms with E-state index in [1.54, 1.807) is 24.3 Å². The minimum atomic E-state index is -0.960. The maximum absolute atomic E-state index is 11.8. The van der Waals surface area contributed by atoms with Gasteiger partial charge in [-0.1, -0.05) is 35.3 Å². The molecule has 2 amide bonds. The van der Waals surface area contributed by atoms with E-state index in [4.69, 9.17) is 23.2 Å². The SMILES string of the molecule is COC(=O)c1ccc(/C=N\NC(=O)C(=O)Nc2ccc(Cl)c(Cl)c2)cc1. The molecule has 26 heavy (non-hydrogen) atoms. The molecule has 0 aliphatic rings. The molecule has 0 atom stereocenters. The summed E-state index contributed by atoms with van der Waals surface area (Å²) in [6.07, 6.45) is 1.32. The van der Waals surface area contributed by atoms with E-state index in [-0.39, 0.29) is 5.02 Å². The maximum Gasteiger partial charge on any atom is 0.337 e. The summed E-state index contributed by atoms with van der Waals surface area (Å²) in [7, 11) is 1.29. The van der Waals surface area contributed by atoms with Gasteiger partial charge in [0, 0.05) is 5.69 Å². The molecule has 0 unspecified atom stereocenters. The summed E-state index contributed by atoms with van der Waals surface area (Å²) in [5, 5.41) is 6.63. The van der Waals surface area contributed by atoms with Gasteiger partial charge in [0.25, 0.3) is 0 Å². The van der Waals surface area contributed by atoms with Crippen molar-refractivity contribution in [1.82, 2.24) is 5.43 Å². The van der Waals surface area contributed by atoms with Crippen LogP contribution in [0.15, 0.2) is 47.6 Å². The molecule has 2 aromatic rings. The van der Waals surface area contributed by atoms with Gasteiger partial charge in [0.2, 0.25) is 0 Å². The first-order chi connectivity index (χ1) is 12.4. The van der Waals surface area contributed by atoms with Crippen molar-refractivity contribution in [2.24, 2.45) is 5.10 Å². The lowest BCUT2D eigenvalue weighted by molar-refractivity contribution is -0.136. The van der Waals surface area contributed by atoms with Gasteiger partial charge in [-0.05, 0) is 35.9 Å². The van der Waals surface area contributed by atoms with E-state index < -0.39 is 17.8 Å². The number of carbonyl (C=O) groups excluding carboxylic acids is 3. The van der Waals surface area contributed by atoms with Gasteiger partial charge in [-0.15, -0.1) is 0 Å². The second kappa shape index (κ2) is 8.98. The van der Waals surface area contributed by atoms with E-state index in [1.165, 1.54) is 31.5 Å². The molecule has 0 fully saturated rings. The first-order valence-electron chi connectivity index (χ1n) is 7.18. The van der Waals surface area contributed by atoms with Crippen LogP contribution in [-0.2, 0) is 14.3 Å². The van der Waals surface area contributed by atoms with Crippen molar-refractivity contribution in [1.29, 1.82) is 0 Å². The van der Waals surface area contributed by atoms with Gasteiger partial charge < -0.3 is 10.1 Å². The molecule has 0 saturated heterocycles. The molecule has 0 heterocycles. The van der Waals surface area contributed by atoms with Crippen LogP contribution in [0, 0.1) is 0 Å². The van der Waals surface area contributed by atoms with Gasteiger partial charge in [-0.3, -0.25) is 9.59 Å². The van der Waals surface area contributed by atoms with E-state index in [0.717, 1.165) is 0 Å². The number of hydrogen-bond donors (Lipinski definition) is 2. The summed E-state index contributed by atoms with van der Waals surface area (Å²) in [6.45, 7) is 0. The van der Waals surface area contributed by atoms with Crippen LogP contribution in [0.5, 0.6) is 0 Å². The van der Waals surface area contributed by atoms with Crippen LogP contribution in [0.2, 0.25) is 10.0 Å². The highest BCUT2D eigenvalue weighted by Gasteiger charge is 2.13. The quantitative estimate of drug-likeness (QED) is 0.361. The summed E-state index contributed by atoms with van der Waals surface area (Å²) >= 11 is 11.6. The Hall–Kier alpha value is -2.90. The second-order valence-electron chi connectivity index (χ2n) is 4.90. The minimum absolute atomic E-state index is 0.248. The van der Waals surface area contributed by atoms with E-state index in [2.05, 4.69) is 20.6 Å². The number of anilines is 1. The Balaban J connectivity index is 1.90.